The van der Waals surface area contributed by atoms with E-state index in [1.165, 1.54) is 5.71 Å². The minimum absolute atomic E-state index is 0.0660. The molecule has 0 radical (unpaired) electrons. The molecule has 0 saturated heterocycles. The predicted octanol–water partition coefficient (Wildman–Crippen LogP) is 2.55. The van der Waals surface area contributed by atoms with Crippen LogP contribution >= 0.6 is 0 Å². The number of hydrogen-bond acceptors (Lipinski definition) is 4. The highest BCUT2D eigenvalue weighted by molar-refractivity contribution is 5.99. The topological polar surface area (TPSA) is 55.4 Å². The van der Waals surface area contributed by atoms with E-state index < -0.39 is 0 Å². The van der Waals surface area contributed by atoms with Gasteiger partial charge in [0, 0.05) is 17.3 Å². The molecule has 1 aromatic rings. The lowest BCUT2D eigenvalue weighted by molar-refractivity contribution is 0.347. The lowest BCUT2D eigenvalue weighted by Gasteiger charge is -2.17. The van der Waals surface area contributed by atoms with E-state index in [0.717, 1.165) is 6.54 Å². The fourth-order valence-electron chi connectivity index (χ4n) is 1.28. The first-order chi connectivity index (χ1) is 8.21. The standard InChI is InChI=1S/C7H12N2.C6H11N3/c1-7(2,3)6-4-8-5-9-6;1-6(2,3)9-5-4-7-8-9/h5H,4H2,1-3H3;4-5H,1-3H3. The molecule has 5 nitrogen and oxygen atoms in total. The SMILES string of the molecule is CC(C)(C)C1=NC=NC1.CC(C)(C)n1ccnn1. The fourth-order valence-corrected chi connectivity index (χ4v) is 1.28. The summed E-state index contributed by atoms with van der Waals surface area (Å²) >= 11 is 0. The first-order valence-electron chi connectivity index (χ1n) is 6.13. The van der Waals surface area contributed by atoms with Crippen molar-refractivity contribution in [1.82, 2.24) is 15.0 Å². The number of rotatable bonds is 0. The van der Waals surface area contributed by atoms with Crippen molar-refractivity contribution in [2.45, 2.75) is 47.1 Å². The van der Waals surface area contributed by atoms with E-state index in [4.69, 9.17) is 0 Å². The number of nitrogens with zero attached hydrogens (tertiary/aromatic N) is 5. The summed E-state index contributed by atoms with van der Waals surface area (Å²) in [5.74, 6) is 0. The second kappa shape index (κ2) is 5.42. The van der Waals surface area contributed by atoms with Crippen LogP contribution in [0.3, 0.4) is 0 Å². The van der Waals surface area contributed by atoms with Gasteiger partial charge in [-0.2, -0.15) is 0 Å². The van der Waals surface area contributed by atoms with Crippen molar-refractivity contribution < 1.29 is 0 Å². The first kappa shape index (κ1) is 14.5. The molecule has 1 aromatic heterocycles. The normalized spacial score (nSPS) is 15.1. The smallest absolute Gasteiger partial charge is 0.110 e. The largest absolute Gasteiger partial charge is 0.267 e. The maximum atomic E-state index is 4.13. The Hall–Kier alpha value is -1.52. The van der Waals surface area contributed by atoms with Gasteiger partial charge in [0.05, 0.1) is 18.3 Å². The third-order valence-corrected chi connectivity index (χ3v) is 2.51. The molecule has 2 rings (SSSR count). The number of hydrogen-bond donors (Lipinski definition) is 0. The molecular weight excluding hydrogens is 226 g/mol. The van der Waals surface area contributed by atoms with Crippen molar-refractivity contribution in [2.24, 2.45) is 15.4 Å². The van der Waals surface area contributed by atoms with E-state index in [2.05, 4.69) is 61.8 Å². The summed E-state index contributed by atoms with van der Waals surface area (Å²) in [6.45, 7) is 13.5. The Morgan fingerprint density at radius 1 is 1.11 bits per heavy atom. The second-order valence-electron chi connectivity index (χ2n) is 6.30. The van der Waals surface area contributed by atoms with E-state index >= 15 is 0 Å². The molecule has 0 fully saturated rings. The van der Waals surface area contributed by atoms with E-state index in [-0.39, 0.29) is 11.0 Å². The zero-order valence-electron chi connectivity index (χ0n) is 12.2. The molecule has 0 spiro atoms. The van der Waals surface area contributed by atoms with Crippen molar-refractivity contribution in [3.8, 4) is 0 Å². The van der Waals surface area contributed by atoms with Gasteiger partial charge in [0.1, 0.15) is 6.34 Å². The van der Waals surface area contributed by atoms with Crippen molar-refractivity contribution in [2.75, 3.05) is 6.54 Å². The number of aromatic nitrogens is 3. The Morgan fingerprint density at radius 2 is 1.78 bits per heavy atom. The molecule has 2 heterocycles. The molecule has 0 atom stereocenters. The average molecular weight is 249 g/mol. The number of aliphatic imine (C=N–C) groups is 2. The van der Waals surface area contributed by atoms with Gasteiger partial charge in [0.25, 0.3) is 0 Å². The molecular formula is C13H23N5. The molecule has 0 aromatic carbocycles. The molecule has 1 aliphatic heterocycles. The molecule has 0 bridgehead atoms. The molecule has 0 N–H and O–H groups in total. The highest BCUT2D eigenvalue weighted by Gasteiger charge is 2.19. The van der Waals surface area contributed by atoms with Gasteiger partial charge in [-0.05, 0) is 20.8 Å². The third kappa shape index (κ3) is 4.39. The van der Waals surface area contributed by atoms with Gasteiger partial charge < -0.3 is 0 Å². The molecule has 0 aliphatic carbocycles. The first-order valence-corrected chi connectivity index (χ1v) is 6.13. The summed E-state index contributed by atoms with van der Waals surface area (Å²) in [5, 5.41) is 7.56. The van der Waals surface area contributed by atoms with Crippen LogP contribution in [0.5, 0.6) is 0 Å². The van der Waals surface area contributed by atoms with Crippen molar-refractivity contribution in [3.05, 3.63) is 12.4 Å². The maximum Gasteiger partial charge on any atom is 0.110 e. The molecule has 0 amide bonds. The van der Waals surface area contributed by atoms with Gasteiger partial charge in [-0.3, -0.25) is 4.99 Å². The third-order valence-electron chi connectivity index (χ3n) is 2.51. The second-order valence-corrected chi connectivity index (χ2v) is 6.30. The van der Waals surface area contributed by atoms with Crippen LogP contribution in [0, 0.1) is 5.41 Å². The van der Waals surface area contributed by atoms with Crippen LogP contribution in [0.25, 0.3) is 0 Å². The van der Waals surface area contributed by atoms with Crippen LogP contribution in [0.4, 0.5) is 0 Å². The summed E-state index contributed by atoms with van der Waals surface area (Å²) in [4.78, 5) is 8.13. The van der Waals surface area contributed by atoms with Crippen LogP contribution in [-0.2, 0) is 5.54 Å². The maximum absolute atomic E-state index is 4.13. The Morgan fingerprint density at radius 3 is 2.00 bits per heavy atom. The van der Waals surface area contributed by atoms with Gasteiger partial charge in [-0.15, -0.1) is 5.10 Å². The minimum atomic E-state index is 0.0660. The average Bonchev–Trinajstić information content (AvgIpc) is 2.91. The summed E-state index contributed by atoms with van der Waals surface area (Å²) in [7, 11) is 0. The lowest BCUT2D eigenvalue weighted by atomic mass is 9.90. The summed E-state index contributed by atoms with van der Waals surface area (Å²) in [6.07, 6.45) is 5.19. The highest BCUT2D eigenvalue weighted by Crippen LogP contribution is 2.17. The molecule has 18 heavy (non-hydrogen) atoms. The van der Waals surface area contributed by atoms with Gasteiger partial charge in [0.2, 0.25) is 0 Å². The van der Waals surface area contributed by atoms with E-state index in [1.807, 2.05) is 10.9 Å². The quantitative estimate of drug-likeness (QED) is 0.709. The lowest BCUT2D eigenvalue weighted by Crippen LogP contribution is -2.22. The van der Waals surface area contributed by atoms with Crippen molar-refractivity contribution in [3.63, 3.8) is 0 Å². The Labute approximate surface area is 109 Å². The molecule has 100 valence electrons. The summed E-state index contributed by atoms with van der Waals surface area (Å²) in [6, 6.07) is 0. The predicted molar refractivity (Wildman–Crippen MR) is 75.3 cm³/mol. The van der Waals surface area contributed by atoms with E-state index in [9.17, 15) is 0 Å². The Balaban J connectivity index is 0.000000180. The van der Waals surface area contributed by atoms with Crippen LogP contribution in [0.2, 0.25) is 0 Å². The van der Waals surface area contributed by atoms with E-state index in [1.54, 1.807) is 12.5 Å². The molecule has 0 unspecified atom stereocenters. The summed E-state index contributed by atoms with van der Waals surface area (Å²) in [5.41, 5.74) is 1.45. The monoisotopic (exact) mass is 249 g/mol. The van der Waals surface area contributed by atoms with Crippen LogP contribution in [0.1, 0.15) is 41.5 Å². The van der Waals surface area contributed by atoms with Crippen LogP contribution in [0.15, 0.2) is 22.4 Å². The van der Waals surface area contributed by atoms with Crippen LogP contribution < -0.4 is 0 Å². The van der Waals surface area contributed by atoms with Gasteiger partial charge in [-0.25, -0.2) is 9.67 Å². The van der Waals surface area contributed by atoms with Gasteiger partial charge >= 0.3 is 0 Å². The molecule has 5 heteroatoms. The zero-order valence-corrected chi connectivity index (χ0v) is 12.2. The zero-order chi connectivity index (χ0) is 13.8. The fraction of sp³-hybridized carbons (Fsp3) is 0.692. The Kier molecular flexibility index (Phi) is 4.38. The van der Waals surface area contributed by atoms with Gasteiger partial charge in [-0.1, -0.05) is 26.0 Å². The van der Waals surface area contributed by atoms with Gasteiger partial charge in [0.15, 0.2) is 0 Å². The van der Waals surface area contributed by atoms with Crippen molar-refractivity contribution in [1.29, 1.82) is 0 Å². The van der Waals surface area contributed by atoms with Crippen LogP contribution in [-0.4, -0.2) is 33.6 Å². The minimum Gasteiger partial charge on any atom is -0.267 e. The molecule has 0 saturated carbocycles. The summed E-state index contributed by atoms with van der Waals surface area (Å²) < 4.78 is 1.83. The highest BCUT2D eigenvalue weighted by atomic mass is 15.4. The molecule has 1 aliphatic rings. The van der Waals surface area contributed by atoms with Crippen molar-refractivity contribution >= 4 is 12.1 Å². The Bertz CT molecular complexity index is 415. The van der Waals surface area contributed by atoms with E-state index in [0.29, 0.717) is 0 Å².